The van der Waals surface area contributed by atoms with Gasteiger partial charge in [-0.25, -0.2) is 0 Å². The highest BCUT2D eigenvalue weighted by molar-refractivity contribution is 6.35. The largest absolute Gasteiger partial charge is 0.507 e. The van der Waals surface area contributed by atoms with Crippen LogP contribution in [0.15, 0.2) is 0 Å². The van der Waals surface area contributed by atoms with Crippen molar-refractivity contribution in [3.05, 3.63) is 21.7 Å². The van der Waals surface area contributed by atoms with E-state index in [1.807, 2.05) is 13.8 Å². The number of ether oxygens (including phenoxy) is 2. The molecule has 2 atom stereocenters. The van der Waals surface area contributed by atoms with E-state index in [9.17, 15) is 30.0 Å². The number of Topliss-reactive ketones (excluding diaryl/α,β-unsaturated/α-hetero) is 2. The molecule has 2 aromatic carbocycles. The summed E-state index contributed by atoms with van der Waals surface area (Å²) >= 11 is 6.18. The van der Waals surface area contributed by atoms with Crippen molar-refractivity contribution in [2.45, 2.75) is 65.9 Å². The zero-order valence-electron chi connectivity index (χ0n) is 20.7. The second kappa shape index (κ2) is 9.49. The van der Waals surface area contributed by atoms with Gasteiger partial charge in [-0.05, 0) is 26.7 Å². The zero-order valence-corrected chi connectivity index (χ0v) is 21.5. The van der Waals surface area contributed by atoms with Crippen molar-refractivity contribution in [1.29, 1.82) is 0 Å². The molecule has 0 fully saturated rings. The zero-order chi connectivity index (χ0) is 26.4. The van der Waals surface area contributed by atoms with Gasteiger partial charge >= 0.3 is 0 Å². The fraction of sp³-hybridized carbons (Fsp3) is 0.462. The quantitative estimate of drug-likeness (QED) is 0.341. The van der Waals surface area contributed by atoms with Crippen LogP contribution in [-0.4, -0.2) is 44.7 Å². The van der Waals surface area contributed by atoms with E-state index in [0.717, 1.165) is 0 Å². The molecule has 0 amide bonds. The third-order valence-electron chi connectivity index (χ3n) is 6.68. The van der Waals surface area contributed by atoms with Crippen LogP contribution in [0.3, 0.4) is 0 Å². The van der Waals surface area contributed by atoms with Crippen molar-refractivity contribution >= 4 is 23.2 Å². The van der Waals surface area contributed by atoms with Gasteiger partial charge in [0.1, 0.15) is 50.5 Å². The SMILES string of the molecule is CCCC1(C)CC(=O)c2c(O)c(Cl)c(O)c(-c3c(O)c(C)c(OC)c(C(=O)C(C)CC)c3O)c2O1. The molecule has 1 aliphatic rings. The maximum Gasteiger partial charge on any atom is 0.174 e. The van der Waals surface area contributed by atoms with Crippen molar-refractivity contribution in [1.82, 2.24) is 0 Å². The van der Waals surface area contributed by atoms with Crippen LogP contribution in [0, 0.1) is 12.8 Å². The summed E-state index contributed by atoms with van der Waals surface area (Å²) in [4.78, 5) is 26.3. The van der Waals surface area contributed by atoms with E-state index in [4.69, 9.17) is 21.1 Å². The molecular formula is C26H31ClO8. The van der Waals surface area contributed by atoms with Gasteiger partial charge in [0.2, 0.25) is 0 Å². The van der Waals surface area contributed by atoms with E-state index in [1.54, 1.807) is 13.8 Å². The molecular weight excluding hydrogens is 476 g/mol. The molecule has 3 rings (SSSR count). The second-order valence-corrected chi connectivity index (χ2v) is 9.65. The van der Waals surface area contributed by atoms with Crippen LogP contribution in [0.25, 0.3) is 11.1 Å². The predicted octanol–water partition coefficient (Wildman–Crippen LogP) is 5.90. The number of carbonyl (C=O) groups is 2. The van der Waals surface area contributed by atoms with Crippen molar-refractivity contribution in [3.8, 4) is 45.6 Å². The minimum absolute atomic E-state index is 0.0138. The van der Waals surface area contributed by atoms with E-state index < -0.39 is 51.1 Å². The Kier molecular flexibility index (Phi) is 7.18. The highest BCUT2D eigenvalue weighted by Gasteiger charge is 2.43. The molecule has 2 unspecified atom stereocenters. The van der Waals surface area contributed by atoms with Crippen LogP contribution in [0.5, 0.6) is 34.5 Å². The Morgan fingerprint density at radius 3 is 2.23 bits per heavy atom. The van der Waals surface area contributed by atoms with Crippen LogP contribution < -0.4 is 9.47 Å². The number of phenolic OH excluding ortho intramolecular Hbond substituents is 4. The number of hydrogen-bond acceptors (Lipinski definition) is 8. The number of benzene rings is 2. The maximum absolute atomic E-state index is 13.2. The topological polar surface area (TPSA) is 134 Å². The molecule has 0 aliphatic carbocycles. The first-order chi connectivity index (χ1) is 16.3. The van der Waals surface area contributed by atoms with Crippen LogP contribution >= 0.6 is 11.6 Å². The lowest BCUT2D eigenvalue weighted by molar-refractivity contribution is 0.0462. The smallest absolute Gasteiger partial charge is 0.174 e. The van der Waals surface area contributed by atoms with Gasteiger partial charge in [-0.15, -0.1) is 0 Å². The van der Waals surface area contributed by atoms with E-state index >= 15 is 0 Å². The monoisotopic (exact) mass is 506 g/mol. The predicted molar refractivity (Wildman–Crippen MR) is 132 cm³/mol. The Labute approximate surface area is 209 Å². The Balaban J connectivity index is 2.50. The fourth-order valence-electron chi connectivity index (χ4n) is 4.62. The van der Waals surface area contributed by atoms with Crippen molar-refractivity contribution < 1.29 is 39.5 Å². The summed E-state index contributed by atoms with van der Waals surface area (Å²) in [5.74, 6) is -4.16. The molecule has 0 saturated heterocycles. The van der Waals surface area contributed by atoms with E-state index in [-0.39, 0.29) is 45.7 Å². The van der Waals surface area contributed by atoms with Gasteiger partial charge in [-0.2, -0.15) is 0 Å². The molecule has 1 aliphatic heterocycles. The van der Waals surface area contributed by atoms with E-state index in [0.29, 0.717) is 19.3 Å². The Hall–Kier alpha value is -3.13. The van der Waals surface area contributed by atoms with Gasteiger partial charge in [0.05, 0.1) is 24.7 Å². The number of fused-ring (bicyclic) bond motifs is 1. The number of hydrogen-bond donors (Lipinski definition) is 4. The van der Waals surface area contributed by atoms with Gasteiger partial charge in [0.25, 0.3) is 0 Å². The summed E-state index contributed by atoms with van der Waals surface area (Å²) in [6.07, 6.45) is 1.61. The third-order valence-corrected chi connectivity index (χ3v) is 7.04. The van der Waals surface area contributed by atoms with Gasteiger partial charge < -0.3 is 29.9 Å². The maximum atomic E-state index is 13.2. The average Bonchev–Trinajstić information content (AvgIpc) is 2.80. The van der Waals surface area contributed by atoms with Crippen LogP contribution in [0.1, 0.15) is 79.7 Å². The standard InChI is InChI=1S/C26H31ClO8/c1-7-9-26(5)10-13(28)14-22(32)18(27)23(33)16(25(14)35-26)15-20(30)12(4)24(34-6)17(21(15)31)19(29)11(3)8-2/h11,30-33H,7-10H2,1-6H3. The van der Waals surface area contributed by atoms with Crippen molar-refractivity contribution in [2.24, 2.45) is 5.92 Å². The van der Waals surface area contributed by atoms with Crippen LogP contribution in [-0.2, 0) is 0 Å². The summed E-state index contributed by atoms with van der Waals surface area (Å²) in [5.41, 5.74) is -1.93. The second-order valence-electron chi connectivity index (χ2n) is 9.27. The van der Waals surface area contributed by atoms with Crippen LogP contribution in [0.2, 0.25) is 5.02 Å². The minimum atomic E-state index is -0.970. The normalized spacial score (nSPS) is 18.1. The van der Waals surface area contributed by atoms with Crippen molar-refractivity contribution in [2.75, 3.05) is 7.11 Å². The molecule has 0 bridgehead atoms. The highest BCUT2D eigenvalue weighted by atomic mass is 35.5. The van der Waals surface area contributed by atoms with Crippen LogP contribution in [0.4, 0.5) is 0 Å². The highest BCUT2D eigenvalue weighted by Crippen LogP contribution is 2.59. The average molecular weight is 507 g/mol. The number of phenols is 4. The fourth-order valence-corrected chi connectivity index (χ4v) is 4.81. The molecule has 8 nitrogen and oxygen atoms in total. The van der Waals surface area contributed by atoms with Crippen molar-refractivity contribution in [3.63, 3.8) is 0 Å². The number of aromatic hydroxyl groups is 4. The number of rotatable bonds is 7. The molecule has 35 heavy (non-hydrogen) atoms. The minimum Gasteiger partial charge on any atom is -0.507 e. The molecule has 0 radical (unpaired) electrons. The lowest BCUT2D eigenvalue weighted by Crippen LogP contribution is -2.39. The Morgan fingerprint density at radius 2 is 1.69 bits per heavy atom. The first kappa shape index (κ1) is 26.5. The summed E-state index contributed by atoms with van der Waals surface area (Å²) < 4.78 is 11.5. The number of ketones is 2. The number of methoxy groups -OCH3 is 1. The summed E-state index contributed by atoms with van der Waals surface area (Å²) in [5, 5.41) is 43.5. The molecule has 4 N–H and O–H groups in total. The molecule has 0 spiro atoms. The molecule has 2 aromatic rings. The first-order valence-corrected chi connectivity index (χ1v) is 11.9. The van der Waals surface area contributed by atoms with Gasteiger partial charge in [0.15, 0.2) is 17.3 Å². The van der Waals surface area contributed by atoms with Gasteiger partial charge in [-0.3, -0.25) is 9.59 Å². The molecule has 9 heteroatoms. The molecule has 0 aromatic heterocycles. The molecule has 1 heterocycles. The first-order valence-electron chi connectivity index (χ1n) is 11.5. The Morgan fingerprint density at radius 1 is 1.09 bits per heavy atom. The lowest BCUT2D eigenvalue weighted by atomic mass is 9.84. The third kappa shape index (κ3) is 4.14. The summed E-state index contributed by atoms with van der Waals surface area (Å²) in [6, 6.07) is 0. The summed E-state index contributed by atoms with van der Waals surface area (Å²) in [6.45, 7) is 8.64. The Bertz CT molecular complexity index is 1220. The lowest BCUT2D eigenvalue weighted by Gasteiger charge is -2.36. The number of halogens is 1. The summed E-state index contributed by atoms with van der Waals surface area (Å²) in [7, 11) is 1.31. The van der Waals surface area contributed by atoms with E-state index in [2.05, 4.69) is 0 Å². The van der Waals surface area contributed by atoms with E-state index in [1.165, 1.54) is 14.0 Å². The molecule has 190 valence electrons. The molecule has 0 saturated carbocycles. The van der Waals surface area contributed by atoms with Gasteiger partial charge in [-0.1, -0.05) is 38.8 Å². The van der Waals surface area contributed by atoms with Gasteiger partial charge in [0, 0.05) is 11.5 Å². The number of carbonyl (C=O) groups excluding carboxylic acids is 2.